The molecule has 18 heavy (non-hydrogen) atoms. The molecule has 0 aromatic carbocycles. The molecule has 4 heteroatoms. The van der Waals surface area contributed by atoms with E-state index in [9.17, 15) is 9.59 Å². The van der Waals surface area contributed by atoms with E-state index in [1.807, 2.05) is 20.8 Å². The monoisotopic (exact) mass is 255 g/mol. The standard InChI is InChI=1S/C14H25NO3/c1-6-7-10-8-9-15(11(10)12(16)18-5)13(17)14(2,3)4/h10-11H,6-9H2,1-5H3. The van der Waals surface area contributed by atoms with Crippen molar-refractivity contribution in [3.8, 4) is 0 Å². The first-order chi connectivity index (χ1) is 8.32. The van der Waals surface area contributed by atoms with E-state index in [2.05, 4.69) is 6.92 Å². The fraction of sp³-hybridized carbons (Fsp3) is 0.857. The Hall–Kier alpha value is -1.06. The number of ether oxygens (including phenoxy) is 1. The zero-order valence-corrected chi connectivity index (χ0v) is 12.2. The predicted octanol–water partition coefficient (Wildman–Crippen LogP) is 2.22. The molecule has 0 saturated carbocycles. The molecule has 1 heterocycles. The Morgan fingerprint density at radius 2 is 1.94 bits per heavy atom. The quantitative estimate of drug-likeness (QED) is 0.726. The minimum atomic E-state index is -0.451. The van der Waals surface area contributed by atoms with E-state index in [1.54, 1.807) is 4.90 Å². The second kappa shape index (κ2) is 5.72. The van der Waals surface area contributed by atoms with Crippen LogP contribution in [0.2, 0.25) is 0 Å². The lowest BCUT2D eigenvalue weighted by atomic mass is 9.92. The van der Waals surface area contributed by atoms with Crippen molar-refractivity contribution in [2.45, 2.75) is 53.0 Å². The summed E-state index contributed by atoms with van der Waals surface area (Å²) in [7, 11) is 1.39. The SMILES string of the molecule is CCCC1CCN(C(=O)C(C)(C)C)C1C(=O)OC. The summed E-state index contributed by atoms with van der Waals surface area (Å²) >= 11 is 0. The number of rotatable bonds is 3. The molecule has 0 N–H and O–H groups in total. The van der Waals surface area contributed by atoms with Gasteiger partial charge in [0, 0.05) is 12.0 Å². The van der Waals surface area contributed by atoms with Gasteiger partial charge < -0.3 is 9.64 Å². The minimum Gasteiger partial charge on any atom is -0.467 e. The highest BCUT2D eigenvalue weighted by Gasteiger charge is 2.44. The fourth-order valence-corrected chi connectivity index (χ4v) is 2.63. The van der Waals surface area contributed by atoms with Crippen LogP contribution in [0.4, 0.5) is 0 Å². The van der Waals surface area contributed by atoms with E-state index in [4.69, 9.17) is 4.74 Å². The number of carbonyl (C=O) groups excluding carboxylic acids is 2. The van der Waals surface area contributed by atoms with Gasteiger partial charge in [-0.25, -0.2) is 4.79 Å². The largest absolute Gasteiger partial charge is 0.467 e. The van der Waals surface area contributed by atoms with Crippen LogP contribution >= 0.6 is 0 Å². The molecule has 0 aliphatic carbocycles. The van der Waals surface area contributed by atoms with Gasteiger partial charge in [-0.1, -0.05) is 34.1 Å². The highest BCUT2D eigenvalue weighted by molar-refractivity contribution is 5.88. The van der Waals surface area contributed by atoms with Gasteiger partial charge in [-0.3, -0.25) is 4.79 Å². The van der Waals surface area contributed by atoms with Crippen LogP contribution in [0.1, 0.15) is 47.0 Å². The van der Waals surface area contributed by atoms with E-state index in [-0.39, 0.29) is 23.8 Å². The van der Waals surface area contributed by atoms with E-state index in [0.29, 0.717) is 6.54 Å². The smallest absolute Gasteiger partial charge is 0.328 e. The van der Waals surface area contributed by atoms with Crippen LogP contribution in [0, 0.1) is 11.3 Å². The van der Waals surface area contributed by atoms with Crippen molar-refractivity contribution < 1.29 is 14.3 Å². The van der Waals surface area contributed by atoms with Crippen molar-refractivity contribution in [3.63, 3.8) is 0 Å². The molecule has 1 rings (SSSR count). The molecule has 0 aromatic heterocycles. The Balaban J connectivity index is 2.91. The van der Waals surface area contributed by atoms with Crippen molar-refractivity contribution >= 4 is 11.9 Å². The average Bonchev–Trinajstić information content (AvgIpc) is 2.70. The highest BCUT2D eigenvalue weighted by atomic mass is 16.5. The van der Waals surface area contributed by atoms with Crippen LogP contribution in [0.15, 0.2) is 0 Å². The summed E-state index contributed by atoms with van der Waals surface area (Å²) in [5.41, 5.74) is -0.451. The fourth-order valence-electron chi connectivity index (χ4n) is 2.63. The molecule has 1 aliphatic heterocycles. The van der Waals surface area contributed by atoms with Crippen LogP contribution in [-0.2, 0) is 14.3 Å². The summed E-state index contributed by atoms with van der Waals surface area (Å²) in [6, 6.07) is -0.387. The normalized spacial score (nSPS) is 24.2. The molecule has 0 radical (unpaired) electrons. The Bertz CT molecular complexity index is 319. The summed E-state index contributed by atoms with van der Waals surface area (Å²) in [6.45, 7) is 8.42. The molecule has 0 aromatic rings. The van der Waals surface area contributed by atoms with E-state index in [1.165, 1.54) is 7.11 Å². The van der Waals surface area contributed by atoms with Gasteiger partial charge in [0.15, 0.2) is 0 Å². The third-order valence-electron chi connectivity index (χ3n) is 3.53. The predicted molar refractivity (Wildman–Crippen MR) is 70.0 cm³/mol. The van der Waals surface area contributed by atoms with E-state index < -0.39 is 5.41 Å². The zero-order valence-electron chi connectivity index (χ0n) is 12.2. The lowest BCUT2D eigenvalue weighted by Gasteiger charge is -2.31. The molecule has 1 aliphatic rings. The van der Waals surface area contributed by atoms with Crippen LogP contribution in [0.3, 0.4) is 0 Å². The topological polar surface area (TPSA) is 46.6 Å². The first-order valence-corrected chi connectivity index (χ1v) is 6.71. The van der Waals surface area contributed by atoms with Crippen molar-refractivity contribution in [2.24, 2.45) is 11.3 Å². The number of likely N-dealkylation sites (tertiary alicyclic amines) is 1. The number of methoxy groups -OCH3 is 1. The van der Waals surface area contributed by atoms with Crippen molar-refractivity contribution in [1.82, 2.24) is 4.90 Å². The third kappa shape index (κ3) is 3.03. The van der Waals surface area contributed by atoms with Crippen LogP contribution in [-0.4, -0.2) is 36.5 Å². The molecule has 2 unspecified atom stereocenters. The van der Waals surface area contributed by atoms with Crippen molar-refractivity contribution in [1.29, 1.82) is 0 Å². The summed E-state index contributed by atoms with van der Waals surface area (Å²) < 4.78 is 4.87. The molecule has 0 bridgehead atoms. The van der Waals surface area contributed by atoms with Crippen molar-refractivity contribution in [2.75, 3.05) is 13.7 Å². The molecule has 2 atom stereocenters. The maximum absolute atomic E-state index is 12.4. The molecular formula is C14H25NO3. The molecule has 0 spiro atoms. The maximum Gasteiger partial charge on any atom is 0.328 e. The van der Waals surface area contributed by atoms with Gasteiger partial charge in [-0.2, -0.15) is 0 Å². The van der Waals surface area contributed by atoms with Gasteiger partial charge in [0.1, 0.15) is 6.04 Å². The van der Waals surface area contributed by atoms with Gasteiger partial charge >= 0.3 is 5.97 Å². The second-order valence-electron chi connectivity index (χ2n) is 6.05. The van der Waals surface area contributed by atoms with Gasteiger partial charge in [0.05, 0.1) is 7.11 Å². The van der Waals surface area contributed by atoms with Gasteiger partial charge in [-0.15, -0.1) is 0 Å². The molecule has 1 fully saturated rings. The molecule has 1 saturated heterocycles. The summed E-state index contributed by atoms with van der Waals surface area (Å²) in [5.74, 6) is 0.00815. The van der Waals surface area contributed by atoms with Crippen LogP contribution in [0.5, 0.6) is 0 Å². The summed E-state index contributed by atoms with van der Waals surface area (Å²) in [4.78, 5) is 26.0. The van der Waals surface area contributed by atoms with Gasteiger partial charge in [-0.05, 0) is 18.8 Å². The van der Waals surface area contributed by atoms with Gasteiger partial charge in [0.2, 0.25) is 5.91 Å². The Morgan fingerprint density at radius 1 is 1.33 bits per heavy atom. The van der Waals surface area contributed by atoms with Crippen LogP contribution in [0.25, 0.3) is 0 Å². The number of nitrogens with zero attached hydrogens (tertiary/aromatic N) is 1. The average molecular weight is 255 g/mol. The zero-order chi connectivity index (χ0) is 13.9. The first kappa shape index (κ1) is 15.0. The number of hydrogen-bond acceptors (Lipinski definition) is 3. The Kier molecular flexibility index (Phi) is 4.77. The highest BCUT2D eigenvalue weighted by Crippen LogP contribution is 2.32. The number of esters is 1. The number of hydrogen-bond donors (Lipinski definition) is 0. The van der Waals surface area contributed by atoms with Crippen LogP contribution < -0.4 is 0 Å². The molecule has 104 valence electrons. The van der Waals surface area contributed by atoms with Gasteiger partial charge in [0.25, 0.3) is 0 Å². The summed E-state index contributed by atoms with van der Waals surface area (Å²) in [6.07, 6.45) is 2.89. The third-order valence-corrected chi connectivity index (χ3v) is 3.53. The second-order valence-corrected chi connectivity index (χ2v) is 6.05. The molecule has 1 amide bonds. The summed E-state index contributed by atoms with van der Waals surface area (Å²) in [5, 5.41) is 0. The number of carbonyl (C=O) groups is 2. The minimum absolute atomic E-state index is 0.0384. The van der Waals surface area contributed by atoms with E-state index >= 15 is 0 Å². The first-order valence-electron chi connectivity index (χ1n) is 6.71. The van der Waals surface area contributed by atoms with E-state index in [0.717, 1.165) is 19.3 Å². The Labute approximate surface area is 110 Å². The lowest BCUT2D eigenvalue weighted by Crippen LogP contribution is -2.48. The molecule has 4 nitrogen and oxygen atoms in total. The Morgan fingerprint density at radius 3 is 2.39 bits per heavy atom. The molecular weight excluding hydrogens is 230 g/mol. The maximum atomic E-state index is 12.4. The number of amides is 1. The lowest BCUT2D eigenvalue weighted by molar-refractivity contribution is -0.155. The van der Waals surface area contributed by atoms with Crippen molar-refractivity contribution in [3.05, 3.63) is 0 Å².